The summed E-state index contributed by atoms with van der Waals surface area (Å²) in [6, 6.07) is 11.8. The quantitative estimate of drug-likeness (QED) is 0.567. The highest BCUT2D eigenvalue weighted by atomic mass is 35.5. The number of hydrogen-bond acceptors (Lipinski definition) is 3. The molecule has 1 heterocycles. The average molecular weight is 490 g/mol. The third kappa shape index (κ3) is 5.11. The van der Waals surface area contributed by atoms with Gasteiger partial charge in [0, 0.05) is 42.1 Å². The van der Waals surface area contributed by atoms with Crippen molar-refractivity contribution in [3.63, 3.8) is 0 Å². The SMILES string of the molecule is CCN(Cc1ccccc1Cl)C(=O)C1CCN(S(=O)(=O)c2cc(Cl)ccc2Cl)CC1. The Bertz CT molecular complexity index is 1020. The molecule has 1 saturated heterocycles. The first-order valence-corrected chi connectivity index (χ1v) is 12.3. The molecule has 1 fully saturated rings. The van der Waals surface area contributed by atoms with Crippen LogP contribution in [-0.2, 0) is 21.4 Å². The first-order chi connectivity index (χ1) is 14.2. The summed E-state index contributed by atoms with van der Waals surface area (Å²) < 4.78 is 27.3. The predicted molar refractivity (Wildman–Crippen MR) is 120 cm³/mol. The van der Waals surface area contributed by atoms with Crippen molar-refractivity contribution >= 4 is 50.7 Å². The van der Waals surface area contributed by atoms with E-state index in [4.69, 9.17) is 34.8 Å². The van der Waals surface area contributed by atoms with E-state index in [0.29, 0.717) is 36.0 Å². The summed E-state index contributed by atoms with van der Waals surface area (Å²) >= 11 is 18.3. The van der Waals surface area contributed by atoms with Gasteiger partial charge in [-0.1, -0.05) is 53.0 Å². The van der Waals surface area contributed by atoms with E-state index in [1.165, 1.54) is 16.4 Å². The molecule has 1 amide bonds. The van der Waals surface area contributed by atoms with Crippen LogP contribution in [0.4, 0.5) is 0 Å². The van der Waals surface area contributed by atoms with Crippen LogP contribution in [0.2, 0.25) is 15.1 Å². The van der Waals surface area contributed by atoms with Gasteiger partial charge in [0.15, 0.2) is 0 Å². The monoisotopic (exact) mass is 488 g/mol. The second kappa shape index (κ2) is 9.88. The lowest BCUT2D eigenvalue weighted by atomic mass is 9.96. The number of amides is 1. The minimum atomic E-state index is -3.77. The third-order valence-electron chi connectivity index (χ3n) is 5.33. The molecule has 2 aromatic rings. The highest BCUT2D eigenvalue weighted by Crippen LogP contribution is 2.31. The van der Waals surface area contributed by atoms with Gasteiger partial charge in [-0.05, 0) is 49.6 Å². The summed E-state index contributed by atoms with van der Waals surface area (Å²) in [4.78, 5) is 14.8. The molecule has 0 radical (unpaired) electrons. The van der Waals surface area contributed by atoms with Gasteiger partial charge in [-0.15, -0.1) is 0 Å². The number of piperidine rings is 1. The molecule has 3 rings (SSSR count). The largest absolute Gasteiger partial charge is 0.338 e. The normalized spacial score (nSPS) is 15.9. The second-order valence-electron chi connectivity index (χ2n) is 7.20. The Morgan fingerprint density at radius 1 is 1.07 bits per heavy atom. The van der Waals surface area contributed by atoms with Crippen molar-refractivity contribution in [2.24, 2.45) is 5.92 Å². The van der Waals surface area contributed by atoms with Gasteiger partial charge >= 0.3 is 0 Å². The lowest BCUT2D eigenvalue weighted by Crippen LogP contribution is -2.44. The maximum absolute atomic E-state index is 13.0. The van der Waals surface area contributed by atoms with Crippen molar-refractivity contribution in [2.75, 3.05) is 19.6 Å². The second-order valence-corrected chi connectivity index (χ2v) is 10.4. The van der Waals surface area contributed by atoms with Gasteiger partial charge in [-0.25, -0.2) is 8.42 Å². The number of carbonyl (C=O) groups excluding carboxylic acids is 1. The summed E-state index contributed by atoms with van der Waals surface area (Å²) in [5, 5.41) is 1.07. The topological polar surface area (TPSA) is 57.7 Å². The predicted octanol–water partition coefficient (Wildman–Crippen LogP) is 5.10. The molecule has 9 heteroatoms. The Labute approximate surface area is 192 Å². The van der Waals surface area contributed by atoms with Crippen LogP contribution in [-0.4, -0.2) is 43.2 Å². The summed E-state index contributed by atoms with van der Waals surface area (Å²) in [5.41, 5.74) is 0.893. The molecule has 0 aliphatic carbocycles. The minimum absolute atomic E-state index is 0.00431. The first kappa shape index (κ1) is 23.4. The zero-order valence-electron chi connectivity index (χ0n) is 16.5. The molecule has 2 aromatic carbocycles. The van der Waals surface area contributed by atoms with E-state index in [0.717, 1.165) is 5.56 Å². The fourth-order valence-electron chi connectivity index (χ4n) is 3.59. The molecule has 0 aromatic heterocycles. The number of halogens is 3. The van der Waals surface area contributed by atoms with Crippen LogP contribution in [0, 0.1) is 5.92 Å². The first-order valence-electron chi connectivity index (χ1n) is 9.71. The number of hydrogen-bond donors (Lipinski definition) is 0. The van der Waals surface area contributed by atoms with Crippen LogP contribution < -0.4 is 0 Å². The Kier molecular flexibility index (Phi) is 7.69. The summed E-state index contributed by atoms with van der Waals surface area (Å²) in [5.74, 6) is -0.205. The fraction of sp³-hybridized carbons (Fsp3) is 0.381. The molecule has 0 unspecified atom stereocenters. The van der Waals surface area contributed by atoms with Gasteiger partial charge < -0.3 is 4.90 Å². The third-order valence-corrected chi connectivity index (χ3v) is 8.31. The van der Waals surface area contributed by atoms with Crippen LogP contribution >= 0.6 is 34.8 Å². The standard InChI is InChI=1S/C21H23Cl3N2O3S/c1-2-25(14-16-5-3-4-6-18(16)23)21(27)15-9-11-26(12-10-15)30(28,29)20-13-17(22)7-8-19(20)24/h3-8,13,15H,2,9-12,14H2,1H3. The van der Waals surface area contributed by atoms with Crippen LogP contribution in [0.3, 0.4) is 0 Å². The number of carbonyl (C=O) groups is 1. The number of nitrogens with zero attached hydrogens (tertiary/aromatic N) is 2. The molecule has 0 spiro atoms. The smallest absolute Gasteiger partial charge is 0.244 e. The zero-order chi connectivity index (χ0) is 21.9. The molecule has 5 nitrogen and oxygen atoms in total. The van der Waals surface area contributed by atoms with Crippen LogP contribution in [0.1, 0.15) is 25.3 Å². The molecular weight excluding hydrogens is 467 g/mol. The molecular formula is C21H23Cl3N2O3S. The van der Waals surface area contributed by atoms with Crippen molar-refractivity contribution in [3.8, 4) is 0 Å². The Hall–Kier alpha value is -1.31. The van der Waals surface area contributed by atoms with Crippen molar-refractivity contribution < 1.29 is 13.2 Å². The fourth-order valence-corrected chi connectivity index (χ4v) is 6.00. The lowest BCUT2D eigenvalue weighted by molar-refractivity contribution is -0.137. The van der Waals surface area contributed by atoms with Crippen LogP contribution in [0.5, 0.6) is 0 Å². The summed E-state index contributed by atoms with van der Waals surface area (Å²) in [6.45, 7) is 3.43. The average Bonchev–Trinajstić information content (AvgIpc) is 2.74. The van der Waals surface area contributed by atoms with Crippen molar-refractivity contribution in [2.45, 2.75) is 31.2 Å². The van der Waals surface area contributed by atoms with Gasteiger partial charge in [0.05, 0.1) is 5.02 Å². The number of benzene rings is 2. The van der Waals surface area contributed by atoms with Gasteiger partial charge in [0.2, 0.25) is 15.9 Å². The van der Waals surface area contributed by atoms with E-state index in [9.17, 15) is 13.2 Å². The maximum atomic E-state index is 13.0. The van der Waals surface area contributed by atoms with E-state index >= 15 is 0 Å². The van der Waals surface area contributed by atoms with Crippen LogP contribution in [0.15, 0.2) is 47.4 Å². The van der Waals surface area contributed by atoms with E-state index in [-0.39, 0.29) is 34.8 Å². The minimum Gasteiger partial charge on any atom is -0.338 e. The molecule has 0 N–H and O–H groups in total. The Morgan fingerprint density at radius 3 is 2.37 bits per heavy atom. The van der Waals surface area contributed by atoms with Crippen LogP contribution in [0.25, 0.3) is 0 Å². The van der Waals surface area contributed by atoms with E-state index < -0.39 is 10.0 Å². The Morgan fingerprint density at radius 2 is 1.73 bits per heavy atom. The van der Waals surface area contributed by atoms with Gasteiger partial charge in [-0.2, -0.15) is 4.31 Å². The van der Waals surface area contributed by atoms with Gasteiger partial charge in [0.25, 0.3) is 0 Å². The van der Waals surface area contributed by atoms with Crippen molar-refractivity contribution in [1.29, 1.82) is 0 Å². The van der Waals surface area contributed by atoms with Crippen molar-refractivity contribution in [3.05, 3.63) is 63.1 Å². The summed E-state index contributed by atoms with van der Waals surface area (Å²) in [7, 11) is -3.77. The van der Waals surface area contributed by atoms with Crippen molar-refractivity contribution in [1.82, 2.24) is 9.21 Å². The van der Waals surface area contributed by atoms with E-state index in [1.54, 1.807) is 17.0 Å². The van der Waals surface area contributed by atoms with Gasteiger partial charge in [0.1, 0.15) is 4.90 Å². The molecule has 162 valence electrons. The lowest BCUT2D eigenvalue weighted by Gasteiger charge is -2.33. The van der Waals surface area contributed by atoms with Gasteiger partial charge in [-0.3, -0.25) is 4.79 Å². The molecule has 0 atom stereocenters. The maximum Gasteiger partial charge on any atom is 0.244 e. The molecule has 1 aliphatic rings. The zero-order valence-corrected chi connectivity index (χ0v) is 19.6. The molecule has 0 bridgehead atoms. The highest BCUT2D eigenvalue weighted by Gasteiger charge is 2.34. The highest BCUT2D eigenvalue weighted by molar-refractivity contribution is 7.89. The summed E-state index contributed by atoms with van der Waals surface area (Å²) in [6.07, 6.45) is 0.907. The molecule has 30 heavy (non-hydrogen) atoms. The number of sulfonamides is 1. The molecule has 0 saturated carbocycles. The van der Waals surface area contributed by atoms with E-state index in [2.05, 4.69) is 0 Å². The van der Waals surface area contributed by atoms with E-state index in [1.807, 2.05) is 25.1 Å². The number of rotatable bonds is 6. The molecule has 1 aliphatic heterocycles. The Balaban J connectivity index is 1.67.